The average molecular weight is 338 g/mol. The summed E-state index contributed by atoms with van der Waals surface area (Å²) in [6.45, 7) is 6.10. The summed E-state index contributed by atoms with van der Waals surface area (Å²) in [6.07, 6.45) is 1.79. The molecule has 0 aromatic heterocycles. The predicted molar refractivity (Wildman–Crippen MR) is 95.8 cm³/mol. The minimum Gasteiger partial charge on any atom is -0.396 e. The molecule has 3 aliphatic rings. The fraction of sp³-hybridized carbons (Fsp3) is 0.278. The number of nitrogens with one attached hydrogen (secondary N) is 1. The molecule has 0 atom stereocenters. The second-order valence-electron chi connectivity index (χ2n) is 6.10. The van der Waals surface area contributed by atoms with Crippen LogP contribution < -0.4 is 16.7 Å². The molecule has 4 rings (SSSR count). The molecule has 25 heavy (non-hydrogen) atoms. The van der Waals surface area contributed by atoms with Gasteiger partial charge in [-0.2, -0.15) is 4.98 Å². The highest BCUT2D eigenvalue weighted by atomic mass is 19.1. The standard InChI is InChI=1S/C18H19FN6/c1-3-21-18-23-9-11-7-13(12-8-15(20)14(19)6-10(12)2)17-22-4-5-25(17)16(11)24-18/h6-9,22H,3-5,20H2,1-2H3. The van der Waals surface area contributed by atoms with Crippen molar-refractivity contribution in [2.45, 2.75) is 20.4 Å². The molecule has 0 unspecified atom stereocenters. The first-order valence-corrected chi connectivity index (χ1v) is 8.29. The molecule has 1 aromatic carbocycles. The summed E-state index contributed by atoms with van der Waals surface area (Å²) >= 11 is 0. The molecular formula is C18H19FN6. The van der Waals surface area contributed by atoms with E-state index in [0.29, 0.717) is 12.2 Å². The summed E-state index contributed by atoms with van der Waals surface area (Å²) in [6, 6.07) is 5.18. The lowest BCUT2D eigenvalue weighted by Gasteiger charge is -2.18. The lowest BCUT2D eigenvalue weighted by Crippen LogP contribution is -2.18. The highest BCUT2D eigenvalue weighted by molar-refractivity contribution is 5.85. The third kappa shape index (κ3) is 2.52. The number of fused-ring (bicyclic) bond motifs is 3. The quantitative estimate of drug-likeness (QED) is 0.703. The van der Waals surface area contributed by atoms with Gasteiger partial charge in [-0.3, -0.25) is 0 Å². The van der Waals surface area contributed by atoms with Crippen molar-refractivity contribution >= 4 is 11.5 Å². The number of halogens is 1. The fourth-order valence-electron chi connectivity index (χ4n) is 3.26. The van der Waals surface area contributed by atoms with Crippen LogP contribution in [-0.4, -0.2) is 27.6 Å². The van der Waals surface area contributed by atoms with E-state index in [9.17, 15) is 4.39 Å². The molecule has 0 radical (unpaired) electrons. The molecule has 3 aliphatic heterocycles. The van der Waals surface area contributed by atoms with Gasteiger partial charge in [0, 0.05) is 37.0 Å². The van der Waals surface area contributed by atoms with E-state index in [1.54, 1.807) is 12.3 Å². The van der Waals surface area contributed by atoms with Gasteiger partial charge in [-0.1, -0.05) is 0 Å². The number of rotatable bonds is 2. The number of benzene rings is 1. The van der Waals surface area contributed by atoms with Gasteiger partial charge < -0.3 is 15.6 Å². The van der Waals surface area contributed by atoms with E-state index < -0.39 is 5.82 Å². The molecule has 7 heteroatoms. The Kier molecular flexibility index (Phi) is 3.63. The zero-order chi connectivity index (χ0) is 17.6. The van der Waals surface area contributed by atoms with Crippen molar-refractivity contribution < 1.29 is 4.39 Å². The van der Waals surface area contributed by atoms with Crippen molar-refractivity contribution in [3.05, 3.63) is 41.4 Å². The number of pyridine rings is 1. The SMILES string of the molecule is CCN=c1ncc2cc(-c3cc(N)c(F)cc3C)c3n(c-2n1)CCN3. The van der Waals surface area contributed by atoms with Crippen LogP contribution in [-0.2, 0) is 6.54 Å². The van der Waals surface area contributed by atoms with Gasteiger partial charge in [0.05, 0.1) is 5.69 Å². The van der Waals surface area contributed by atoms with E-state index in [4.69, 9.17) is 5.73 Å². The number of nitrogens with two attached hydrogens (primary N) is 1. The Hall–Kier alpha value is -2.96. The Morgan fingerprint density at radius 2 is 2.16 bits per heavy atom. The summed E-state index contributed by atoms with van der Waals surface area (Å²) in [5, 5.41) is 3.41. The normalized spacial score (nSPS) is 14.0. The first kappa shape index (κ1) is 15.6. The van der Waals surface area contributed by atoms with E-state index in [1.165, 1.54) is 6.07 Å². The highest BCUT2D eigenvalue weighted by Gasteiger charge is 2.23. The van der Waals surface area contributed by atoms with Crippen LogP contribution in [0.4, 0.5) is 15.9 Å². The Morgan fingerprint density at radius 3 is 2.96 bits per heavy atom. The van der Waals surface area contributed by atoms with Gasteiger partial charge >= 0.3 is 0 Å². The minimum absolute atomic E-state index is 0.144. The van der Waals surface area contributed by atoms with Crippen molar-refractivity contribution in [1.82, 2.24) is 14.5 Å². The maximum atomic E-state index is 13.7. The number of hydrogen-bond donors (Lipinski definition) is 2. The predicted octanol–water partition coefficient (Wildman–Crippen LogP) is 2.43. The Bertz CT molecular complexity index is 1010. The number of anilines is 2. The number of nitrogens with zero attached hydrogens (tertiary/aromatic N) is 4. The fourth-order valence-corrected chi connectivity index (χ4v) is 3.26. The summed E-state index contributed by atoms with van der Waals surface area (Å²) in [5.74, 6) is 1.41. The van der Waals surface area contributed by atoms with Crippen molar-refractivity contribution in [3.63, 3.8) is 0 Å². The Morgan fingerprint density at radius 1 is 1.32 bits per heavy atom. The van der Waals surface area contributed by atoms with Crippen molar-refractivity contribution in [2.24, 2.45) is 4.99 Å². The minimum atomic E-state index is -0.395. The molecule has 0 amide bonds. The molecule has 0 bridgehead atoms. The van der Waals surface area contributed by atoms with Crippen LogP contribution in [0.25, 0.3) is 22.5 Å². The van der Waals surface area contributed by atoms with Crippen molar-refractivity contribution in [3.8, 4) is 22.5 Å². The van der Waals surface area contributed by atoms with Gasteiger partial charge in [0.1, 0.15) is 17.5 Å². The number of hydrogen-bond acceptors (Lipinski definition) is 5. The number of aromatic nitrogens is 3. The molecule has 0 saturated carbocycles. The van der Waals surface area contributed by atoms with Crippen LogP contribution in [0.3, 0.4) is 0 Å². The van der Waals surface area contributed by atoms with Crippen LogP contribution in [0.1, 0.15) is 12.5 Å². The zero-order valence-corrected chi connectivity index (χ0v) is 14.2. The molecular weight excluding hydrogens is 319 g/mol. The van der Waals surface area contributed by atoms with Gasteiger partial charge in [-0.05, 0) is 43.2 Å². The second-order valence-corrected chi connectivity index (χ2v) is 6.10. The first-order valence-electron chi connectivity index (χ1n) is 8.29. The highest BCUT2D eigenvalue weighted by Crippen LogP contribution is 2.38. The van der Waals surface area contributed by atoms with Gasteiger partial charge in [0.2, 0.25) is 5.62 Å². The molecule has 6 nitrogen and oxygen atoms in total. The van der Waals surface area contributed by atoms with E-state index in [1.807, 2.05) is 19.9 Å². The molecule has 128 valence electrons. The molecule has 0 spiro atoms. The van der Waals surface area contributed by atoms with E-state index in [2.05, 4.69) is 24.8 Å². The van der Waals surface area contributed by atoms with E-state index in [0.717, 1.165) is 47.0 Å². The second kappa shape index (κ2) is 5.84. The number of nitrogen functional groups attached to an aromatic ring is 1. The summed E-state index contributed by atoms with van der Waals surface area (Å²) in [4.78, 5) is 13.2. The van der Waals surface area contributed by atoms with Gasteiger partial charge in [0.15, 0.2) is 0 Å². The molecule has 0 fully saturated rings. The maximum absolute atomic E-state index is 13.7. The first-order chi connectivity index (χ1) is 12.1. The third-order valence-electron chi connectivity index (χ3n) is 4.42. The van der Waals surface area contributed by atoms with Crippen molar-refractivity contribution in [2.75, 3.05) is 24.1 Å². The topological polar surface area (TPSA) is 81.1 Å². The third-order valence-corrected chi connectivity index (χ3v) is 4.42. The van der Waals surface area contributed by atoms with Crippen LogP contribution >= 0.6 is 0 Å². The average Bonchev–Trinajstić information content (AvgIpc) is 3.08. The van der Waals surface area contributed by atoms with Gasteiger partial charge in [0.25, 0.3) is 0 Å². The number of aryl methyl sites for hydroxylation is 1. The monoisotopic (exact) mass is 338 g/mol. The summed E-state index contributed by atoms with van der Waals surface area (Å²) < 4.78 is 15.9. The van der Waals surface area contributed by atoms with Gasteiger partial charge in [-0.25, -0.2) is 14.4 Å². The summed E-state index contributed by atoms with van der Waals surface area (Å²) in [7, 11) is 0. The Labute approximate surface area is 144 Å². The zero-order valence-electron chi connectivity index (χ0n) is 14.2. The van der Waals surface area contributed by atoms with Crippen LogP contribution in [0.2, 0.25) is 0 Å². The molecule has 1 aromatic rings. The van der Waals surface area contributed by atoms with E-state index >= 15 is 0 Å². The maximum Gasteiger partial charge on any atom is 0.246 e. The molecule has 0 saturated heterocycles. The largest absolute Gasteiger partial charge is 0.396 e. The van der Waals surface area contributed by atoms with Gasteiger partial charge in [-0.15, -0.1) is 0 Å². The van der Waals surface area contributed by atoms with Crippen LogP contribution in [0, 0.1) is 12.7 Å². The van der Waals surface area contributed by atoms with Crippen molar-refractivity contribution in [1.29, 1.82) is 0 Å². The summed E-state index contributed by atoms with van der Waals surface area (Å²) in [5.41, 5.74) is 10.1. The Balaban J connectivity index is 2.01. The van der Waals surface area contributed by atoms with E-state index in [-0.39, 0.29) is 5.69 Å². The molecule has 3 heterocycles. The lowest BCUT2D eigenvalue weighted by atomic mass is 9.98. The van der Waals surface area contributed by atoms with Crippen LogP contribution in [0.15, 0.2) is 29.4 Å². The lowest BCUT2D eigenvalue weighted by molar-refractivity contribution is 0.631. The smallest absolute Gasteiger partial charge is 0.246 e. The molecule has 3 N–H and O–H groups in total. The van der Waals surface area contributed by atoms with Crippen LogP contribution in [0.5, 0.6) is 0 Å². The molecule has 0 aliphatic carbocycles.